The summed E-state index contributed by atoms with van der Waals surface area (Å²) in [6, 6.07) is 9.40. The third-order valence-electron chi connectivity index (χ3n) is 2.80. The van der Waals surface area contributed by atoms with Gasteiger partial charge in [-0.1, -0.05) is 23.5 Å². The van der Waals surface area contributed by atoms with Crippen LogP contribution in [0.25, 0.3) is 0 Å². The van der Waals surface area contributed by atoms with Crippen LogP contribution in [0.5, 0.6) is 0 Å². The van der Waals surface area contributed by atoms with Crippen molar-refractivity contribution in [1.29, 1.82) is 5.26 Å². The van der Waals surface area contributed by atoms with Crippen molar-refractivity contribution in [1.82, 2.24) is 4.57 Å². The first-order chi connectivity index (χ1) is 8.11. The lowest BCUT2D eigenvalue weighted by molar-refractivity contribution is 0.751. The van der Waals surface area contributed by atoms with E-state index in [1.165, 1.54) is 11.3 Å². The number of nitriles is 1. The van der Waals surface area contributed by atoms with Crippen molar-refractivity contribution >= 4 is 11.3 Å². The summed E-state index contributed by atoms with van der Waals surface area (Å²) in [6.07, 6.45) is 0. The van der Waals surface area contributed by atoms with E-state index in [2.05, 4.69) is 6.07 Å². The first-order valence-corrected chi connectivity index (χ1v) is 6.09. The third kappa shape index (κ3) is 2.29. The predicted molar refractivity (Wildman–Crippen MR) is 68.3 cm³/mol. The molecular weight excluding hydrogens is 232 g/mol. The Balaban J connectivity index is 2.32. The molecular formula is C13H12N2OS. The summed E-state index contributed by atoms with van der Waals surface area (Å²) in [5, 5.41) is 8.71. The molecule has 0 saturated carbocycles. The minimum Gasteiger partial charge on any atom is -0.299 e. The fourth-order valence-corrected chi connectivity index (χ4v) is 2.47. The van der Waals surface area contributed by atoms with Crippen molar-refractivity contribution < 1.29 is 0 Å². The minimum absolute atomic E-state index is 0.0735. The highest BCUT2D eigenvalue weighted by Crippen LogP contribution is 2.12. The Morgan fingerprint density at radius 1 is 1.29 bits per heavy atom. The van der Waals surface area contributed by atoms with Crippen LogP contribution < -0.4 is 4.87 Å². The lowest BCUT2D eigenvalue weighted by atomic mass is 10.1. The zero-order chi connectivity index (χ0) is 12.4. The van der Waals surface area contributed by atoms with E-state index in [0.717, 1.165) is 16.1 Å². The fourth-order valence-electron chi connectivity index (χ4n) is 1.64. The maximum Gasteiger partial charge on any atom is 0.307 e. The van der Waals surface area contributed by atoms with Gasteiger partial charge in [-0.2, -0.15) is 5.26 Å². The Morgan fingerprint density at radius 3 is 2.41 bits per heavy atom. The number of aromatic nitrogens is 1. The summed E-state index contributed by atoms with van der Waals surface area (Å²) >= 11 is 1.28. The molecule has 0 aliphatic rings. The summed E-state index contributed by atoms with van der Waals surface area (Å²) < 4.78 is 1.77. The topological polar surface area (TPSA) is 45.8 Å². The number of hydrogen-bond acceptors (Lipinski definition) is 3. The molecule has 0 bridgehead atoms. The van der Waals surface area contributed by atoms with Gasteiger partial charge < -0.3 is 0 Å². The highest BCUT2D eigenvalue weighted by Gasteiger charge is 2.07. The molecule has 1 aromatic heterocycles. The molecule has 0 aliphatic carbocycles. The van der Waals surface area contributed by atoms with Gasteiger partial charge in [0.15, 0.2) is 0 Å². The third-order valence-corrected chi connectivity index (χ3v) is 3.80. The molecule has 2 rings (SSSR count). The Morgan fingerprint density at radius 2 is 1.94 bits per heavy atom. The summed E-state index contributed by atoms with van der Waals surface area (Å²) in [5.41, 5.74) is 2.69. The van der Waals surface area contributed by atoms with E-state index in [4.69, 9.17) is 5.26 Å². The Hall–Kier alpha value is -1.86. The van der Waals surface area contributed by atoms with Crippen LogP contribution in [-0.4, -0.2) is 4.57 Å². The highest BCUT2D eigenvalue weighted by atomic mass is 32.1. The second-order valence-corrected chi connectivity index (χ2v) is 5.07. The summed E-state index contributed by atoms with van der Waals surface area (Å²) in [5.74, 6) is 0. The Labute approximate surface area is 104 Å². The number of nitrogens with zero attached hydrogens (tertiary/aromatic N) is 2. The lowest BCUT2D eigenvalue weighted by Crippen LogP contribution is -2.15. The van der Waals surface area contributed by atoms with Crippen molar-refractivity contribution in [3.63, 3.8) is 0 Å². The van der Waals surface area contributed by atoms with Gasteiger partial charge in [-0.25, -0.2) is 0 Å². The van der Waals surface area contributed by atoms with Crippen molar-refractivity contribution in [2.75, 3.05) is 0 Å². The first-order valence-electron chi connectivity index (χ1n) is 5.27. The highest BCUT2D eigenvalue weighted by molar-refractivity contribution is 7.09. The molecule has 0 N–H and O–H groups in total. The quantitative estimate of drug-likeness (QED) is 0.814. The van der Waals surface area contributed by atoms with E-state index in [-0.39, 0.29) is 4.87 Å². The average Bonchev–Trinajstić information content (AvgIpc) is 2.57. The SMILES string of the molecule is Cc1sc(=O)n(Cc2ccc(C#N)cc2)c1C. The van der Waals surface area contributed by atoms with E-state index >= 15 is 0 Å². The van der Waals surface area contributed by atoms with Crippen molar-refractivity contribution in [3.8, 4) is 6.07 Å². The monoisotopic (exact) mass is 244 g/mol. The fraction of sp³-hybridized carbons (Fsp3) is 0.231. The second kappa shape index (κ2) is 4.56. The van der Waals surface area contributed by atoms with Gasteiger partial charge in [0.05, 0.1) is 18.2 Å². The maximum atomic E-state index is 11.7. The molecule has 4 heteroatoms. The van der Waals surface area contributed by atoms with E-state index < -0.39 is 0 Å². The van der Waals surface area contributed by atoms with Gasteiger partial charge in [0.25, 0.3) is 0 Å². The molecule has 86 valence electrons. The molecule has 0 saturated heterocycles. The second-order valence-electron chi connectivity index (χ2n) is 3.90. The zero-order valence-corrected chi connectivity index (χ0v) is 10.5. The molecule has 0 atom stereocenters. The zero-order valence-electron chi connectivity index (χ0n) is 9.73. The van der Waals surface area contributed by atoms with Crippen LogP contribution in [0.15, 0.2) is 29.1 Å². The van der Waals surface area contributed by atoms with Crippen LogP contribution in [0.3, 0.4) is 0 Å². The molecule has 1 heterocycles. The van der Waals surface area contributed by atoms with Crippen LogP contribution in [0.1, 0.15) is 21.7 Å². The molecule has 0 amide bonds. The molecule has 0 unspecified atom stereocenters. The molecule has 0 radical (unpaired) electrons. The van der Waals surface area contributed by atoms with Crippen molar-refractivity contribution in [2.24, 2.45) is 0 Å². The van der Waals surface area contributed by atoms with Gasteiger partial charge in [0, 0.05) is 10.6 Å². The Bertz CT molecular complexity index is 629. The van der Waals surface area contributed by atoms with E-state index in [1.54, 1.807) is 16.7 Å². The van der Waals surface area contributed by atoms with Gasteiger partial charge in [-0.05, 0) is 31.5 Å². The van der Waals surface area contributed by atoms with Crippen LogP contribution in [0.4, 0.5) is 0 Å². The molecule has 1 aromatic carbocycles. The molecule has 0 aliphatic heterocycles. The van der Waals surface area contributed by atoms with E-state index in [1.807, 2.05) is 26.0 Å². The lowest BCUT2D eigenvalue weighted by Gasteiger charge is -2.05. The van der Waals surface area contributed by atoms with Gasteiger partial charge >= 0.3 is 4.87 Å². The summed E-state index contributed by atoms with van der Waals surface area (Å²) in [6.45, 7) is 4.48. The number of hydrogen-bond donors (Lipinski definition) is 0. The Kier molecular flexibility index (Phi) is 3.12. The number of thiazole rings is 1. The van der Waals surface area contributed by atoms with Crippen LogP contribution >= 0.6 is 11.3 Å². The smallest absolute Gasteiger partial charge is 0.299 e. The average molecular weight is 244 g/mol. The van der Waals surface area contributed by atoms with Crippen LogP contribution in [0, 0.1) is 25.2 Å². The predicted octanol–water partition coefficient (Wildman–Crippen LogP) is 2.45. The molecule has 0 spiro atoms. The molecule has 2 aromatic rings. The summed E-state index contributed by atoms with van der Waals surface area (Å²) in [7, 11) is 0. The van der Waals surface area contributed by atoms with Gasteiger partial charge in [-0.3, -0.25) is 9.36 Å². The maximum absolute atomic E-state index is 11.7. The number of rotatable bonds is 2. The minimum atomic E-state index is 0.0735. The molecule has 17 heavy (non-hydrogen) atoms. The van der Waals surface area contributed by atoms with Crippen LogP contribution in [0.2, 0.25) is 0 Å². The van der Waals surface area contributed by atoms with Crippen LogP contribution in [-0.2, 0) is 6.54 Å². The van der Waals surface area contributed by atoms with Crippen molar-refractivity contribution in [2.45, 2.75) is 20.4 Å². The van der Waals surface area contributed by atoms with E-state index in [0.29, 0.717) is 12.1 Å². The molecule has 3 nitrogen and oxygen atoms in total. The first kappa shape index (κ1) is 11.6. The standard InChI is InChI=1S/C13H12N2OS/c1-9-10(2)17-13(16)15(9)8-12-5-3-11(7-14)4-6-12/h3-6H,8H2,1-2H3. The number of benzene rings is 1. The van der Waals surface area contributed by atoms with Gasteiger partial charge in [0.1, 0.15) is 0 Å². The summed E-state index contributed by atoms with van der Waals surface area (Å²) in [4.78, 5) is 12.8. The largest absolute Gasteiger partial charge is 0.307 e. The normalized spacial score (nSPS) is 10.2. The van der Waals surface area contributed by atoms with E-state index in [9.17, 15) is 4.79 Å². The van der Waals surface area contributed by atoms with Gasteiger partial charge in [-0.15, -0.1) is 0 Å². The molecule has 0 fully saturated rings. The number of aryl methyl sites for hydroxylation is 1. The van der Waals surface area contributed by atoms with Crippen molar-refractivity contribution in [3.05, 3.63) is 55.6 Å². The van der Waals surface area contributed by atoms with Gasteiger partial charge in [0.2, 0.25) is 0 Å².